The zero-order valence-electron chi connectivity index (χ0n) is 10.7. The van der Waals surface area contributed by atoms with Gasteiger partial charge in [0.05, 0.1) is 0 Å². The Morgan fingerprint density at radius 2 is 2.11 bits per heavy atom. The summed E-state index contributed by atoms with van der Waals surface area (Å²) in [4.78, 5) is 2.89. The molecule has 1 rings (SSSR count). The Hall–Kier alpha value is -0.470. The zero-order valence-corrected chi connectivity index (χ0v) is 12.4. The maximum atomic E-state index is 11.9. The van der Waals surface area contributed by atoms with E-state index in [9.17, 15) is 8.42 Å². The SMILES string of the molecule is CN(C)CCCNS(=O)(=O)c1ccc(CCO)s1. The van der Waals surface area contributed by atoms with Gasteiger partial charge in [-0.25, -0.2) is 13.1 Å². The molecule has 0 bridgehead atoms. The molecule has 0 aromatic carbocycles. The Bertz CT molecular complexity index is 455. The molecular weight excluding hydrogens is 272 g/mol. The number of rotatable bonds is 8. The molecule has 0 fully saturated rings. The molecule has 1 aromatic rings. The van der Waals surface area contributed by atoms with Crippen molar-refractivity contribution in [3.63, 3.8) is 0 Å². The van der Waals surface area contributed by atoms with Crippen molar-refractivity contribution in [2.45, 2.75) is 17.1 Å². The van der Waals surface area contributed by atoms with Crippen molar-refractivity contribution in [3.05, 3.63) is 17.0 Å². The normalized spacial score (nSPS) is 12.2. The molecule has 0 aliphatic carbocycles. The van der Waals surface area contributed by atoms with E-state index in [-0.39, 0.29) is 6.61 Å². The second-order valence-corrected chi connectivity index (χ2v) is 7.41. The summed E-state index contributed by atoms with van der Waals surface area (Å²) in [6.45, 7) is 1.33. The van der Waals surface area contributed by atoms with Crippen LogP contribution < -0.4 is 4.72 Å². The monoisotopic (exact) mass is 292 g/mol. The summed E-state index contributed by atoms with van der Waals surface area (Å²) in [6.07, 6.45) is 1.28. The van der Waals surface area contributed by atoms with E-state index in [1.54, 1.807) is 12.1 Å². The maximum Gasteiger partial charge on any atom is 0.250 e. The molecule has 0 saturated carbocycles. The minimum atomic E-state index is -3.39. The van der Waals surface area contributed by atoms with E-state index in [2.05, 4.69) is 4.72 Å². The number of aliphatic hydroxyl groups is 1. The number of hydrogen-bond acceptors (Lipinski definition) is 5. The van der Waals surface area contributed by atoms with Crippen LogP contribution in [-0.2, 0) is 16.4 Å². The summed E-state index contributed by atoms with van der Waals surface area (Å²) in [7, 11) is 0.519. The molecule has 0 saturated heterocycles. The van der Waals surface area contributed by atoms with Crippen LogP contribution in [0.25, 0.3) is 0 Å². The lowest BCUT2D eigenvalue weighted by Gasteiger charge is -2.09. The Labute approximate surface area is 112 Å². The highest BCUT2D eigenvalue weighted by atomic mass is 32.2. The molecule has 2 N–H and O–H groups in total. The summed E-state index contributed by atoms with van der Waals surface area (Å²) >= 11 is 1.21. The molecule has 0 amide bonds. The van der Waals surface area contributed by atoms with Crippen molar-refractivity contribution >= 4 is 21.4 Å². The number of nitrogens with one attached hydrogen (secondary N) is 1. The first-order chi connectivity index (χ1) is 8.45. The van der Waals surface area contributed by atoms with Gasteiger partial charge < -0.3 is 10.0 Å². The molecule has 1 heterocycles. The van der Waals surface area contributed by atoms with Gasteiger partial charge in [-0.15, -0.1) is 11.3 Å². The van der Waals surface area contributed by atoms with Gasteiger partial charge >= 0.3 is 0 Å². The van der Waals surface area contributed by atoms with Gasteiger partial charge in [-0.3, -0.25) is 0 Å². The van der Waals surface area contributed by atoms with Crippen LogP contribution in [0.2, 0.25) is 0 Å². The minimum Gasteiger partial charge on any atom is -0.396 e. The Kier molecular flexibility index (Phi) is 6.24. The third-order valence-electron chi connectivity index (χ3n) is 2.33. The lowest BCUT2D eigenvalue weighted by Crippen LogP contribution is -2.26. The van der Waals surface area contributed by atoms with Gasteiger partial charge in [0.1, 0.15) is 4.21 Å². The van der Waals surface area contributed by atoms with Crippen LogP contribution in [0.4, 0.5) is 0 Å². The van der Waals surface area contributed by atoms with E-state index in [4.69, 9.17) is 5.11 Å². The molecule has 0 atom stereocenters. The minimum absolute atomic E-state index is 0.0380. The van der Waals surface area contributed by atoms with Crippen LogP contribution in [0.3, 0.4) is 0 Å². The van der Waals surface area contributed by atoms with Gasteiger partial charge in [-0.2, -0.15) is 0 Å². The quantitative estimate of drug-likeness (QED) is 0.685. The highest BCUT2D eigenvalue weighted by Crippen LogP contribution is 2.21. The Morgan fingerprint density at radius 1 is 1.39 bits per heavy atom. The summed E-state index contributed by atoms with van der Waals surface area (Å²) < 4.78 is 26.7. The number of thiophene rings is 1. The molecule has 104 valence electrons. The highest BCUT2D eigenvalue weighted by molar-refractivity contribution is 7.91. The Balaban J connectivity index is 2.51. The van der Waals surface area contributed by atoms with Crippen molar-refractivity contribution in [2.75, 3.05) is 33.8 Å². The van der Waals surface area contributed by atoms with E-state index in [0.717, 1.165) is 17.8 Å². The summed E-state index contributed by atoms with van der Waals surface area (Å²) in [5, 5.41) is 8.79. The summed E-state index contributed by atoms with van der Waals surface area (Å²) in [6, 6.07) is 3.33. The van der Waals surface area contributed by atoms with Crippen LogP contribution in [0.5, 0.6) is 0 Å². The van der Waals surface area contributed by atoms with Gasteiger partial charge in [0, 0.05) is 24.4 Å². The molecule has 18 heavy (non-hydrogen) atoms. The Morgan fingerprint density at radius 3 is 2.72 bits per heavy atom. The molecule has 0 unspecified atom stereocenters. The molecule has 5 nitrogen and oxygen atoms in total. The third kappa shape index (κ3) is 5.03. The number of aliphatic hydroxyl groups excluding tert-OH is 1. The summed E-state index contributed by atoms with van der Waals surface area (Å²) in [5.74, 6) is 0. The van der Waals surface area contributed by atoms with E-state index in [1.165, 1.54) is 11.3 Å². The second kappa shape index (κ2) is 7.20. The van der Waals surface area contributed by atoms with E-state index < -0.39 is 10.0 Å². The van der Waals surface area contributed by atoms with Gasteiger partial charge in [0.2, 0.25) is 10.0 Å². The highest BCUT2D eigenvalue weighted by Gasteiger charge is 2.15. The van der Waals surface area contributed by atoms with Gasteiger partial charge in [-0.1, -0.05) is 0 Å². The van der Waals surface area contributed by atoms with Crippen molar-refractivity contribution < 1.29 is 13.5 Å². The molecule has 1 aromatic heterocycles. The van der Waals surface area contributed by atoms with Gasteiger partial charge in [0.15, 0.2) is 0 Å². The van der Waals surface area contributed by atoms with Crippen molar-refractivity contribution in [1.82, 2.24) is 9.62 Å². The van der Waals surface area contributed by atoms with E-state index in [0.29, 0.717) is 17.2 Å². The fourth-order valence-electron chi connectivity index (χ4n) is 1.42. The predicted octanol–water partition coefficient (Wildman–Crippen LogP) is 0.513. The number of hydrogen-bond donors (Lipinski definition) is 2. The molecule has 0 spiro atoms. The van der Waals surface area contributed by atoms with Crippen molar-refractivity contribution in [2.24, 2.45) is 0 Å². The average molecular weight is 292 g/mol. The van der Waals surface area contributed by atoms with Crippen LogP contribution in [-0.4, -0.2) is 52.2 Å². The van der Waals surface area contributed by atoms with Crippen molar-refractivity contribution in [3.8, 4) is 0 Å². The number of sulfonamides is 1. The predicted molar refractivity (Wildman–Crippen MR) is 73.5 cm³/mol. The molecule has 7 heteroatoms. The second-order valence-electron chi connectivity index (χ2n) is 4.25. The lowest BCUT2D eigenvalue weighted by molar-refractivity contribution is 0.300. The first-order valence-electron chi connectivity index (χ1n) is 5.79. The number of nitrogens with zero attached hydrogens (tertiary/aromatic N) is 1. The summed E-state index contributed by atoms with van der Waals surface area (Å²) in [5.41, 5.74) is 0. The van der Waals surface area contributed by atoms with E-state index >= 15 is 0 Å². The standard InChI is InChI=1S/C11H20N2O3S2/c1-13(2)8-3-7-12-18(15,16)11-5-4-10(17-11)6-9-14/h4-5,12,14H,3,6-9H2,1-2H3. The van der Waals surface area contributed by atoms with Gasteiger partial charge in [0.25, 0.3) is 0 Å². The first-order valence-corrected chi connectivity index (χ1v) is 8.09. The smallest absolute Gasteiger partial charge is 0.250 e. The lowest BCUT2D eigenvalue weighted by atomic mass is 10.4. The third-order valence-corrected chi connectivity index (χ3v) is 5.43. The van der Waals surface area contributed by atoms with Crippen LogP contribution in [0, 0.1) is 0 Å². The fourth-order valence-corrected chi connectivity index (χ4v) is 3.88. The van der Waals surface area contributed by atoms with Gasteiger partial charge in [-0.05, 0) is 39.2 Å². The topological polar surface area (TPSA) is 69.6 Å². The first kappa shape index (κ1) is 15.6. The maximum absolute atomic E-state index is 11.9. The van der Waals surface area contributed by atoms with E-state index in [1.807, 2.05) is 19.0 Å². The van der Waals surface area contributed by atoms with Crippen LogP contribution in [0.1, 0.15) is 11.3 Å². The zero-order chi connectivity index (χ0) is 13.6. The van der Waals surface area contributed by atoms with Crippen molar-refractivity contribution in [1.29, 1.82) is 0 Å². The van der Waals surface area contributed by atoms with Crippen LogP contribution in [0.15, 0.2) is 16.3 Å². The molecule has 0 aliphatic heterocycles. The fraction of sp³-hybridized carbons (Fsp3) is 0.636. The molecule has 0 radical (unpaired) electrons. The molecular formula is C11H20N2O3S2. The molecule has 0 aliphatic rings. The van der Waals surface area contributed by atoms with Crippen LogP contribution >= 0.6 is 11.3 Å². The largest absolute Gasteiger partial charge is 0.396 e. The average Bonchev–Trinajstić information content (AvgIpc) is 2.74.